The Hall–Kier alpha value is -3.23. The molecule has 0 amide bonds. The lowest BCUT2D eigenvalue weighted by Crippen LogP contribution is -2.32. The number of methoxy groups -OCH3 is 2. The Morgan fingerprint density at radius 3 is 2.04 bits per heavy atom. The Morgan fingerprint density at radius 1 is 1.12 bits per heavy atom. The fourth-order valence-electron chi connectivity index (χ4n) is 2.93. The van der Waals surface area contributed by atoms with Crippen molar-refractivity contribution in [2.24, 2.45) is 0 Å². The average molecular weight is 364 g/mol. The van der Waals surface area contributed by atoms with Crippen molar-refractivity contribution in [2.45, 2.75) is 19.8 Å². The minimum atomic E-state index is -1.21. The van der Waals surface area contributed by atoms with Crippen LogP contribution < -0.4 is 5.32 Å². The van der Waals surface area contributed by atoms with Crippen LogP contribution in [0, 0.1) is 15.9 Å². The predicted molar refractivity (Wildman–Crippen MR) is 88.4 cm³/mol. The zero-order valence-corrected chi connectivity index (χ0v) is 14.6. The molecule has 1 heterocycles. The van der Waals surface area contributed by atoms with Gasteiger partial charge in [0, 0.05) is 29.1 Å². The predicted octanol–water partition coefficient (Wildman–Crippen LogP) is 2.31. The number of nitro benzene ring substituents is 1. The van der Waals surface area contributed by atoms with Crippen LogP contribution in [-0.4, -0.2) is 31.1 Å². The first-order valence-corrected chi connectivity index (χ1v) is 7.51. The van der Waals surface area contributed by atoms with Gasteiger partial charge in [-0.25, -0.2) is 14.0 Å². The van der Waals surface area contributed by atoms with E-state index in [0.717, 1.165) is 32.4 Å². The van der Waals surface area contributed by atoms with E-state index >= 15 is 0 Å². The summed E-state index contributed by atoms with van der Waals surface area (Å²) in [6.45, 7) is 3.12. The molecule has 1 N–H and O–H groups in total. The van der Waals surface area contributed by atoms with Crippen molar-refractivity contribution in [3.8, 4) is 0 Å². The molecule has 0 radical (unpaired) electrons. The maximum absolute atomic E-state index is 14.6. The number of nitrogens with one attached hydrogen (secondary N) is 1. The number of hydrogen-bond donors (Lipinski definition) is 1. The fraction of sp³-hybridized carbons (Fsp3) is 0.294. The van der Waals surface area contributed by atoms with Crippen molar-refractivity contribution in [1.82, 2.24) is 5.32 Å². The third kappa shape index (κ3) is 3.28. The highest BCUT2D eigenvalue weighted by molar-refractivity contribution is 5.99. The molecule has 0 aliphatic carbocycles. The van der Waals surface area contributed by atoms with Crippen LogP contribution in [0.1, 0.15) is 25.3 Å². The van der Waals surface area contributed by atoms with Crippen LogP contribution in [0.4, 0.5) is 10.1 Å². The first-order chi connectivity index (χ1) is 12.2. The van der Waals surface area contributed by atoms with Crippen molar-refractivity contribution in [3.63, 3.8) is 0 Å². The molecule has 1 aliphatic rings. The number of dihydropyridines is 1. The highest BCUT2D eigenvalue weighted by Crippen LogP contribution is 2.41. The van der Waals surface area contributed by atoms with Gasteiger partial charge in [0.25, 0.3) is 5.69 Å². The van der Waals surface area contributed by atoms with Gasteiger partial charge in [-0.2, -0.15) is 0 Å². The number of allylic oxidation sites excluding steroid dienone is 2. The summed E-state index contributed by atoms with van der Waals surface area (Å²) in [5.74, 6) is -3.60. The van der Waals surface area contributed by atoms with E-state index in [4.69, 9.17) is 9.47 Å². The number of carbonyl (C=O) groups is 2. The lowest BCUT2D eigenvalue weighted by molar-refractivity contribution is -0.385. The Morgan fingerprint density at radius 2 is 1.62 bits per heavy atom. The van der Waals surface area contributed by atoms with Gasteiger partial charge in [0.2, 0.25) is 0 Å². The molecule has 0 unspecified atom stereocenters. The molecule has 138 valence electrons. The Kier molecular flexibility index (Phi) is 5.39. The Labute approximate surface area is 148 Å². The highest BCUT2D eigenvalue weighted by Gasteiger charge is 2.39. The molecule has 0 fully saturated rings. The molecule has 1 aliphatic heterocycles. The van der Waals surface area contributed by atoms with Crippen molar-refractivity contribution >= 4 is 17.6 Å². The summed E-state index contributed by atoms with van der Waals surface area (Å²) in [4.78, 5) is 35.0. The minimum absolute atomic E-state index is 0.0297. The quantitative estimate of drug-likeness (QED) is 0.496. The summed E-state index contributed by atoms with van der Waals surface area (Å²) >= 11 is 0. The SMILES string of the molecule is COC(=O)C1=C(C)NC(C)=C(C(=O)OC)C1c1cc([N+](=O)[O-])ccc1F. The van der Waals surface area contributed by atoms with Gasteiger partial charge in [-0.3, -0.25) is 10.1 Å². The van der Waals surface area contributed by atoms with Gasteiger partial charge in [-0.05, 0) is 19.9 Å². The van der Waals surface area contributed by atoms with E-state index < -0.39 is 28.6 Å². The second kappa shape index (κ2) is 7.34. The molecule has 8 nitrogen and oxygen atoms in total. The fourth-order valence-corrected chi connectivity index (χ4v) is 2.93. The summed E-state index contributed by atoms with van der Waals surface area (Å²) in [5.41, 5.74) is 0.0653. The van der Waals surface area contributed by atoms with Crippen molar-refractivity contribution in [2.75, 3.05) is 14.2 Å². The van der Waals surface area contributed by atoms with E-state index in [1.807, 2.05) is 0 Å². The molecule has 9 heteroatoms. The molecular formula is C17H17FN2O6. The number of nitrogens with zero attached hydrogens (tertiary/aromatic N) is 1. The number of ether oxygens (including phenoxy) is 2. The monoisotopic (exact) mass is 364 g/mol. The van der Waals surface area contributed by atoms with Gasteiger partial charge < -0.3 is 14.8 Å². The molecule has 0 saturated heterocycles. The number of rotatable bonds is 4. The zero-order valence-electron chi connectivity index (χ0n) is 14.6. The first kappa shape index (κ1) is 19.1. The summed E-state index contributed by atoms with van der Waals surface area (Å²) in [6, 6.07) is 2.92. The molecule has 0 saturated carbocycles. The van der Waals surface area contributed by atoms with Crippen LogP contribution in [0.3, 0.4) is 0 Å². The topological polar surface area (TPSA) is 108 Å². The lowest BCUT2D eigenvalue weighted by Gasteiger charge is -2.30. The number of benzene rings is 1. The van der Waals surface area contributed by atoms with Crippen molar-refractivity contribution in [3.05, 3.63) is 62.2 Å². The van der Waals surface area contributed by atoms with Gasteiger partial charge in [0.15, 0.2) is 0 Å². The van der Waals surface area contributed by atoms with E-state index in [2.05, 4.69) is 5.32 Å². The molecule has 0 atom stereocenters. The van der Waals surface area contributed by atoms with Crippen LogP contribution >= 0.6 is 0 Å². The zero-order chi connectivity index (χ0) is 19.6. The minimum Gasteiger partial charge on any atom is -0.466 e. The van der Waals surface area contributed by atoms with E-state index in [0.29, 0.717) is 11.4 Å². The van der Waals surface area contributed by atoms with Gasteiger partial charge in [-0.1, -0.05) is 0 Å². The van der Waals surface area contributed by atoms with E-state index in [9.17, 15) is 24.1 Å². The lowest BCUT2D eigenvalue weighted by atomic mass is 9.80. The van der Waals surface area contributed by atoms with Crippen LogP contribution in [0.25, 0.3) is 0 Å². The molecule has 0 bridgehead atoms. The number of nitro groups is 1. The Bertz CT molecular complexity index is 821. The number of esters is 2. The molecule has 1 aromatic carbocycles. The van der Waals surface area contributed by atoms with Crippen molar-refractivity contribution in [1.29, 1.82) is 0 Å². The average Bonchev–Trinajstić information content (AvgIpc) is 2.60. The third-order valence-corrected chi connectivity index (χ3v) is 4.07. The molecule has 0 aromatic heterocycles. The smallest absolute Gasteiger partial charge is 0.336 e. The van der Waals surface area contributed by atoms with E-state index in [-0.39, 0.29) is 22.4 Å². The number of non-ortho nitro benzene ring substituents is 1. The van der Waals surface area contributed by atoms with Gasteiger partial charge in [-0.15, -0.1) is 0 Å². The highest BCUT2D eigenvalue weighted by atomic mass is 19.1. The van der Waals surface area contributed by atoms with Crippen LogP contribution in [0.5, 0.6) is 0 Å². The Balaban J connectivity index is 2.81. The van der Waals surface area contributed by atoms with Gasteiger partial charge in [0.05, 0.1) is 36.2 Å². The number of hydrogen-bond acceptors (Lipinski definition) is 7. The molecule has 2 rings (SSSR count). The summed E-state index contributed by atoms with van der Waals surface area (Å²) in [7, 11) is 2.29. The first-order valence-electron chi connectivity index (χ1n) is 7.51. The summed E-state index contributed by atoms with van der Waals surface area (Å²) in [5, 5.41) is 14.0. The van der Waals surface area contributed by atoms with Crippen molar-refractivity contribution < 1.29 is 28.4 Å². The van der Waals surface area contributed by atoms with Crippen LogP contribution in [0.15, 0.2) is 40.7 Å². The number of halogens is 1. The maximum Gasteiger partial charge on any atom is 0.336 e. The number of carbonyl (C=O) groups excluding carboxylic acids is 2. The third-order valence-electron chi connectivity index (χ3n) is 4.07. The van der Waals surface area contributed by atoms with Crippen LogP contribution in [-0.2, 0) is 19.1 Å². The molecule has 0 spiro atoms. The normalized spacial score (nSPS) is 14.8. The second-order valence-electron chi connectivity index (χ2n) is 5.58. The standard InChI is InChI=1S/C17H17FN2O6/c1-8-13(16(21)25-3)15(14(9(2)19-8)17(22)26-4)11-7-10(20(23)24)5-6-12(11)18/h5-7,15,19H,1-4H3. The maximum atomic E-state index is 14.6. The molecule has 26 heavy (non-hydrogen) atoms. The largest absolute Gasteiger partial charge is 0.466 e. The van der Waals surface area contributed by atoms with Crippen LogP contribution in [0.2, 0.25) is 0 Å². The van der Waals surface area contributed by atoms with Gasteiger partial charge in [0.1, 0.15) is 5.82 Å². The van der Waals surface area contributed by atoms with Gasteiger partial charge >= 0.3 is 11.9 Å². The van der Waals surface area contributed by atoms with E-state index in [1.165, 1.54) is 0 Å². The van der Waals surface area contributed by atoms with E-state index in [1.54, 1.807) is 13.8 Å². The summed E-state index contributed by atoms with van der Waals surface area (Å²) in [6.07, 6.45) is 0. The molecular weight excluding hydrogens is 347 g/mol. The molecule has 1 aromatic rings. The summed E-state index contributed by atoms with van der Waals surface area (Å²) < 4.78 is 24.1. The second-order valence-corrected chi connectivity index (χ2v) is 5.58.